The molecule has 0 fully saturated rings. The van der Waals surface area contributed by atoms with Crippen LogP contribution in [0.3, 0.4) is 0 Å². The van der Waals surface area contributed by atoms with Gasteiger partial charge >= 0.3 is 0 Å². The van der Waals surface area contributed by atoms with Gasteiger partial charge in [-0.15, -0.1) is 22.7 Å². The Morgan fingerprint density at radius 3 is 2.11 bits per heavy atom. The predicted octanol–water partition coefficient (Wildman–Crippen LogP) is 5.46. The molecular formula is C22H25N3OS2. The van der Waals surface area contributed by atoms with Crippen molar-refractivity contribution in [1.82, 2.24) is 9.55 Å². The summed E-state index contributed by atoms with van der Waals surface area (Å²) < 4.78 is 10.1. The maximum absolute atomic E-state index is 5.87. The molecule has 0 bridgehead atoms. The van der Waals surface area contributed by atoms with E-state index in [4.69, 9.17) is 4.42 Å². The summed E-state index contributed by atoms with van der Waals surface area (Å²) in [6, 6.07) is 4.56. The van der Waals surface area contributed by atoms with E-state index < -0.39 is 0 Å². The van der Waals surface area contributed by atoms with Crippen molar-refractivity contribution in [2.75, 3.05) is 0 Å². The van der Waals surface area contributed by atoms with E-state index in [0.29, 0.717) is 6.54 Å². The third-order valence-corrected chi connectivity index (χ3v) is 6.99. The summed E-state index contributed by atoms with van der Waals surface area (Å²) in [6.45, 7) is 13.2. The average Bonchev–Trinajstić information content (AvgIpc) is 3.28. The summed E-state index contributed by atoms with van der Waals surface area (Å²) in [5, 5.41) is 0. The van der Waals surface area contributed by atoms with Gasteiger partial charge in [-0.2, -0.15) is 0 Å². The molecule has 0 saturated carbocycles. The SMILES string of the molecule is Cc1cc(-c2c(-c3cc(C)sc3C)[n+](C)[c-]n2Cc2nc(C)c(C)o2)c(C)s1. The average molecular weight is 412 g/mol. The number of imidazole rings is 1. The lowest BCUT2D eigenvalue weighted by molar-refractivity contribution is -0.664. The number of aromatic nitrogens is 3. The van der Waals surface area contributed by atoms with Gasteiger partial charge in [-0.1, -0.05) is 12.1 Å². The lowest BCUT2D eigenvalue weighted by Gasteiger charge is -2.13. The topological polar surface area (TPSA) is 34.8 Å². The van der Waals surface area contributed by atoms with Gasteiger partial charge in [0.05, 0.1) is 12.7 Å². The van der Waals surface area contributed by atoms with Crippen molar-refractivity contribution in [3.05, 3.63) is 55.3 Å². The number of rotatable bonds is 4. The molecule has 0 saturated heterocycles. The van der Waals surface area contributed by atoms with Crippen LogP contribution in [0.2, 0.25) is 0 Å². The van der Waals surface area contributed by atoms with E-state index in [2.05, 4.69) is 67.3 Å². The van der Waals surface area contributed by atoms with Gasteiger partial charge in [0.15, 0.2) is 0 Å². The number of thiophene rings is 2. The number of hydrogen-bond acceptors (Lipinski definition) is 4. The Bertz CT molecular complexity index is 1150. The summed E-state index contributed by atoms with van der Waals surface area (Å²) in [5.41, 5.74) is 5.86. The second-order valence-corrected chi connectivity index (χ2v) is 10.3. The fraction of sp³-hybridized carbons (Fsp3) is 0.364. The van der Waals surface area contributed by atoms with Crippen LogP contribution in [0.1, 0.15) is 36.9 Å². The van der Waals surface area contributed by atoms with Crippen LogP contribution in [0, 0.1) is 47.9 Å². The minimum absolute atomic E-state index is 0.564. The van der Waals surface area contributed by atoms with E-state index in [9.17, 15) is 0 Å². The molecule has 4 nitrogen and oxygen atoms in total. The fourth-order valence-electron chi connectivity index (χ4n) is 3.74. The Morgan fingerprint density at radius 1 is 1.00 bits per heavy atom. The van der Waals surface area contributed by atoms with Crippen molar-refractivity contribution in [2.45, 2.75) is 48.1 Å². The number of nitrogens with zero attached hydrogens (tertiary/aromatic N) is 3. The Morgan fingerprint density at radius 2 is 1.61 bits per heavy atom. The molecular weight excluding hydrogens is 386 g/mol. The number of hydrogen-bond donors (Lipinski definition) is 0. The monoisotopic (exact) mass is 411 g/mol. The highest BCUT2D eigenvalue weighted by Gasteiger charge is 2.21. The quantitative estimate of drug-likeness (QED) is 0.330. The standard InChI is InChI=1S/C22H25N3OS2/c1-12-8-18(16(5)27-12)21-22(19-9-13(2)28-17(19)6)25(11-24(21)7)10-20-23-14(3)15(4)26-20/h8-9H,10H2,1-7H3. The second-order valence-electron chi connectivity index (χ2n) is 7.35. The molecule has 4 heterocycles. The largest absolute Gasteiger partial charge is 0.442 e. The summed E-state index contributed by atoms with van der Waals surface area (Å²) in [6.07, 6.45) is 3.50. The van der Waals surface area contributed by atoms with Crippen LogP contribution in [0.25, 0.3) is 22.5 Å². The van der Waals surface area contributed by atoms with Crippen molar-refractivity contribution < 1.29 is 8.98 Å². The Labute approximate surface area is 174 Å². The molecule has 0 unspecified atom stereocenters. The summed E-state index contributed by atoms with van der Waals surface area (Å²) >= 11 is 3.68. The highest BCUT2D eigenvalue weighted by atomic mass is 32.1. The molecule has 4 rings (SSSR count). The highest BCUT2D eigenvalue weighted by Crippen LogP contribution is 2.39. The maximum Gasteiger partial charge on any atom is 0.235 e. The van der Waals surface area contributed by atoms with Crippen LogP contribution < -0.4 is 4.57 Å². The molecule has 0 N–H and O–H groups in total. The Hall–Kier alpha value is -2.18. The maximum atomic E-state index is 5.87. The van der Waals surface area contributed by atoms with Crippen LogP contribution >= 0.6 is 22.7 Å². The molecule has 0 aliphatic carbocycles. The van der Waals surface area contributed by atoms with Gasteiger partial charge in [-0.25, -0.2) is 4.98 Å². The van der Waals surface area contributed by atoms with E-state index in [0.717, 1.165) is 17.3 Å². The van der Waals surface area contributed by atoms with Gasteiger partial charge in [0.25, 0.3) is 0 Å². The molecule has 0 aromatic carbocycles. The van der Waals surface area contributed by atoms with E-state index >= 15 is 0 Å². The molecule has 0 aliphatic heterocycles. The van der Waals surface area contributed by atoms with Crippen molar-refractivity contribution in [2.24, 2.45) is 7.05 Å². The van der Waals surface area contributed by atoms with Crippen molar-refractivity contribution in [1.29, 1.82) is 0 Å². The zero-order valence-corrected chi connectivity index (χ0v) is 19.1. The smallest absolute Gasteiger partial charge is 0.235 e. The summed E-state index contributed by atoms with van der Waals surface area (Å²) in [5.74, 6) is 1.60. The third-order valence-electron chi connectivity index (χ3n) is 5.06. The summed E-state index contributed by atoms with van der Waals surface area (Å²) in [7, 11) is 2.07. The molecule has 28 heavy (non-hydrogen) atoms. The molecule has 0 atom stereocenters. The molecule has 6 heteroatoms. The minimum Gasteiger partial charge on any atom is -0.442 e. The molecule has 0 aliphatic rings. The van der Waals surface area contributed by atoms with E-state index in [1.54, 1.807) is 0 Å². The van der Waals surface area contributed by atoms with E-state index in [1.807, 2.05) is 36.5 Å². The van der Waals surface area contributed by atoms with Gasteiger partial charge < -0.3 is 13.6 Å². The third kappa shape index (κ3) is 3.25. The fourth-order valence-corrected chi connectivity index (χ4v) is 5.59. The van der Waals surface area contributed by atoms with Crippen LogP contribution in [0.5, 0.6) is 0 Å². The van der Waals surface area contributed by atoms with Gasteiger partial charge in [-0.05, 0) is 62.4 Å². The Kier molecular flexibility index (Phi) is 4.79. The lowest BCUT2D eigenvalue weighted by atomic mass is 10.1. The van der Waals surface area contributed by atoms with Crippen molar-refractivity contribution in [3.63, 3.8) is 0 Å². The van der Waals surface area contributed by atoms with Gasteiger partial charge in [0.1, 0.15) is 12.3 Å². The normalized spacial score (nSPS) is 11.5. The highest BCUT2D eigenvalue weighted by molar-refractivity contribution is 7.12. The zero-order valence-electron chi connectivity index (χ0n) is 17.4. The van der Waals surface area contributed by atoms with Crippen LogP contribution in [-0.4, -0.2) is 9.55 Å². The Balaban J connectivity index is 1.95. The zero-order chi connectivity index (χ0) is 20.2. The van der Waals surface area contributed by atoms with Gasteiger partial charge in [0.2, 0.25) is 12.2 Å². The van der Waals surface area contributed by atoms with E-state index in [1.165, 1.54) is 42.0 Å². The molecule has 146 valence electrons. The van der Waals surface area contributed by atoms with Gasteiger partial charge in [0, 0.05) is 21.1 Å². The number of oxazole rings is 1. The second kappa shape index (κ2) is 7.01. The van der Waals surface area contributed by atoms with Gasteiger partial charge in [-0.3, -0.25) is 0 Å². The van der Waals surface area contributed by atoms with Crippen molar-refractivity contribution >= 4 is 22.7 Å². The van der Waals surface area contributed by atoms with Crippen LogP contribution in [0.15, 0.2) is 16.5 Å². The molecule has 4 aromatic rings. The molecule has 0 spiro atoms. The first kappa shape index (κ1) is 19.2. The molecule has 0 radical (unpaired) electrons. The predicted molar refractivity (Wildman–Crippen MR) is 115 cm³/mol. The summed E-state index contributed by atoms with van der Waals surface area (Å²) in [4.78, 5) is 9.87. The lowest BCUT2D eigenvalue weighted by Crippen LogP contribution is -2.28. The molecule has 0 amide bonds. The van der Waals surface area contributed by atoms with Crippen LogP contribution in [-0.2, 0) is 13.6 Å². The first-order chi connectivity index (χ1) is 13.2. The number of aryl methyl sites for hydroxylation is 7. The first-order valence-corrected chi connectivity index (χ1v) is 11.0. The van der Waals surface area contributed by atoms with Crippen molar-refractivity contribution in [3.8, 4) is 22.5 Å². The molecule has 4 aromatic heterocycles. The van der Waals surface area contributed by atoms with Crippen LogP contribution in [0.4, 0.5) is 0 Å². The van der Waals surface area contributed by atoms with E-state index in [-0.39, 0.29) is 0 Å². The minimum atomic E-state index is 0.564. The first-order valence-electron chi connectivity index (χ1n) is 9.34.